The number of hydrogen-bond donors (Lipinski definition) is 2. The molecule has 2 aliphatic heterocycles. The molecule has 1 aromatic rings. The fourth-order valence-electron chi connectivity index (χ4n) is 4.23. The predicted molar refractivity (Wildman–Crippen MR) is 145 cm³/mol. The number of ether oxygens (including phenoxy) is 5. The Labute approximate surface area is 239 Å². The number of rotatable bonds is 17. The Balaban J connectivity index is 1.23. The third kappa shape index (κ3) is 9.88. The summed E-state index contributed by atoms with van der Waals surface area (Å²) < 4.78 is 27.0. The molecule has 4 amide bonds. The zero-order valence-electron chi connectivity index (χ0n) is 23.8. The van der Waals surface area contributed by atoms with Gasteiger partial charge in [-0.15, -0.1) is 0 Å². The summed E-state index contributed by atoms with van der Waals surface area (Å²) >= 11 is 0. The summed E-state index contributed by atoms with van der Waals surface area (Å²) in [5, 5.41) is 5.30. The van der Waals surface area contributed by atoms with Gasteiger partial charge in [0.2, 0.25) is 11.8 Å². The molecule has 2 N–H and O–H groups in total. The number of nitrogens with one attached hydrogen (secondary N) is 2. The summed E-state index contributed by atoms with van der Waals surface area (Å²) in [6, 6.07) is 3.88. The molecule has 3 rings (SSSR count). The molecule has 1 fully saturated rings. The van der Waals surface area contributed by atoms with E-state index in [-0.39, 0.29) is 43.0 Å². The largest absolute Gasteiger partial charge is 0.460 e. The van der Waals surface area contributed by atoms with Crippen molar-refractivity contribution in [2.24, 2.45) is 0 Å². The van der Waals surface area contributed by atoms with Gasteiger partial charge in [-0.25, -0.2) is 0 Å². The van der Waals surface area contributed by atoms with Crippen LogP contribution in [0.15, 0.2) is 18.2 Å². The number of amides is 4. The number of imide groups is 2. The standard InChI is InChI=1S/C28H39N3O10/c1-28(2,3)41-23(33)9-11-37-13-15-39-17-18-40-16-14-38-12-10-29-20-6-4-5-19-24(20)27(36)31(26(19)35)21-7-8-22(32)30-25(21)34/h4-6,21,29H,7-18H2,1-3H3,(H,30,32,34)/t21-/m0/s1. The maximum Gasteiger partial charge on any atom is 0.308 e. The molecule has 0 unspecified atom stereocenters. The molecular weight excluding hydrogens is 538 g/mol. The zero-order valence-corrected chi connectivity index (χ0v) is 23.8. The van der Waals surface area contributed by atoms with E-state index in [2.05, 4.69) is 10.6 Å². The van der Waals surface area contributed by atoms with Crippen LogP contribution in [-0.4, -0.2) is 106 Å². The lowest BCUT2D eigenvalue weighted by molar-refractivity contribution is -0.156. The highest BCUT2D eigenvalue weighted by molar-refractivity contribution is 6.25. The van der Waals surface area contributed by atoms with Crippen LogP contribution < -0.4 is 10.6 Å². The molecule has 0 aliphatic carbocycles. The van der Waals surface area contributed by atoms with Gasteiger partial charge in [-0.2, -0.15) is 0 Å². The van der Waals surface area contributed by atoms with Crippen molar-refractivity contribution < 1.29 is 47.7 Å². The van der Waals surface area contributed by atoms with Crippen LogP contribution in [0.3, 0.4) is 0 Å². The van der Waals surface area contributed by atoms with Gasteiger partial charge in [-0.1, -0.05) is 6.07 Å². The molecule has 41 heavy (non-hydrogen) atoms. The van der Waals surface area contributed by atoms with Crippen molar-refractivity contribution in [2.75, 3.05) is 64.7 Å². The fourth-order valence-corrected chi connectivity index (χ4v) is 4.23. The Morgan fingerprint density at radius 3 is 2.12 bits per heavy atom. The quantitative estimate of drug-likeness (QED) is 0.156. The first-order valence-electron chi connectivity index (χ1n) is 13.7. The third-order valence-corrected chi connectivity index (χ3v) is 6.02. The average molecular weight is 578 g/mol. The monoisotopic (exact) mass is 577 g/mol. The van der Waals surface area contributed by atoms with Crippen molar-refractivity contribution in [2.45, 2.75) is 51.7 Å². The van der Waals surface area contributed by atoms with Crippen molar-refractivity contribution in [3.8, 4) is 0 Å². The van der Waals surface area contributed by atoms with Gasteiger partial charge in [-0.3, -0.25) is 34.2 Å². The Hall–Kier alpha value is -3.39. The number of fused-ring (bicyclic) bond motifs is 1. The van der Waals surface area contributed by atoms with Crippen LogP contribution in [0.1, 0.15) is 60.7 Å². The van der Waals surface area contributed by atoms with E-state index in [9.17, 15) is 24.0 Å². The lowest BCUT2D eigenvalue weighted by atomic mass is 10.0. The molecule has 2 aliphatic rings. The number of nitrogens with zero attached hydrogens (tertiary/aromatic N) is 1. The minimum absolute atomic E-state index is 0.0662. The molecule has 1 saturated heterocycles. The Kier molecular flexibility index (Phi) is 12.2. The molecule has 13 heteroatoms. The molecule has 0 radical (unpaired) electrons. The van der Waals surface area contributed by atoms with E-state index in [1.165, 1.54) is 0 Å². The number of benzene rings is 1. The first kappa shape index (κ1) is 32.1. The van der Waals surface area contributed by atoms with Gasteiger partial charge in [0.15, 0.2) is 0 Å². The van der Waals surface area contributed by atoms with E-state index in [4.69, 9.17) is 23.7 Å². The Morgan fingerprint density at radius 1 is 0.902 bits per heavy atom. The van der Waals surface area contributed by atoms with Crippen molar-refractivity contribution in [3.63, 3.8) is 0 Å². The number of carbonyl (C=O) groups is 5. The smallest absolute Gasteiger partial charge is 0.308 e. The van der Waals surface area contributed by atoms with Crippen molar-refractivity contribution in [1.82, 2.24) is 10.2 Å². The lowest BCUT2D eigenvalue weighted by Crippen LogP contribution is -2.54. The predicted octanol–water partition coefficient (Wildman–Crippen LogP) is 1.30. The number of carbonyl (C=O) groups excluding carboxylic acids is 5. The van der Waals surface area contributed by atoms with E-state index in [0.29, 0.717) is 58.5 Å². The molecule has 1 aromatic carbocycles. The van der Waals surface area contributed by atoms with E-state index in [1.807, 2.05) is 20.8 Å². The van der Waals surface area contributed by atoms with E-state index >= 15 is 0 Å². The zero-order chi connectivity index (χ0) is 29.8. The first-order chi connectivity index (χ1) is 19.6. The van der Waals surface area contributed by atoms with Crippen LogP contribution >= 0.6 is 0 Å². The van der Waals surface area contributed by atoms with Gasteiger partial charge < -0.3 is 29.0 Å². The number of anilines is 1. The second-order valence-corrected chi connectivity index (χ2v) is 10.4. The van der Waals surface area contributed by atoms with Gasteiger partial charge in [0, 0.05) is 18.7 Å². The maximum absolute atomic E-state index is 13.1. The van der Waals surface area contributed by atoms with Crippen LogP contribution in [0.25, 0.3) is 0 Å². The number of esters is 1. The Bertz CT molecular complexity index is 1100. The molecule has 0 bridgehead atoms. The molecular formula is C28H39N3O10. The second-order valence-electron chi connectivity index (χ2n) is 10.4. The SMILES string of the molecule is CC(C)(C)OC(=O)CCOCCOCCOCCOCCNc1cccc2c1C(=O)N([C@H]1CCC(=O)NC1=O)C2=O. The van der Waals surface area contributed by atoms with E-state index in [1.54, 1.807) is 18.2 Å². The summed E-state index contributed by atoms with van der Waals surface area (Å²) in [6.45, 7) is 8.76. The average Bonchev–Trinajstić information content (AvgIpc) is 3.15. The summed E-state index contributed by atoms with van der Waals surface area (Å²) in [6.07, 6.45) is 0.369. The molecule has 0 aromatic heterocycles. The van der Waals surface area contributed by atoms with Gasteiger partial charge in [0.25, 0.3) is 11.8 Å². The van der Waals surface area contributed by atoms with Gasteiger partial charge in [0.1, 0.15) is 11.6 Å². The van der Waals surface area contributed by atoms with Crippen LogP contribution in [0.5, 0.6) is 0 Å². The summed E-state index contributed by atoms with van der Waals surface area (Å²) in [5.74, 6) is -2.47. The van der Waals surface area contributed by atoms with Gasteiger partial charge in [-0.05, 0) is 39.3 Å². The van der Waals surface area contributed by atoms with Crippen LogP contribution in [0.2, 0.25) is 0 Å². The topological polar surface area (TPSA) is 159 Å². The van der Waals surface area contributed by atoms with Crippen molar-refractivity contribution in [3.05, 3.63) is 29.3 Å². The summed E-state index contributed by atoms with van der Waals surface area (Å²) in [7, 11) is 0. The number of piperidine rings is 1. The van der Waals surface area contributed by atoms with Gasteiger partial charge in [0.05, 0.1) is 70.4 Å². The fraction of sp³-hybridized carbons (Fsp3) is 0.607. The van der Waals surface area contributed by atoms with Crippen LogP contribution in [0, 0.1) is 0 Å². The van der Waals surface area contributed by atoms with E-state index in [0.717, 1.165) is 4.90 Å². The highest BCUT2D eigenvalue weighted by Crippen LogP contribution is 2.32. The third-order valence-electron chi connectivity index (χ3n) is 6.02. The van der Waals surface area contributed by atoms with Gasteiger partial charge >= 0.3 is 5.97 Å². The highest BCUT2D eigenvalue weighted by Gasteiger charge is 2.45. The minimum atomic E-state index is -1.01. The molecule has 0 spiro atoms. The second kappa shape index (κ2) is 15.6. The Morgan fingerprint density at radius 2 is 1.51 bits per heavy atom. The normalized spacial score (nSPS) is 17.0. The van der Waals surface area contributed by atoms with Crippen LogP contribution in [-0.2, 0) is 38.1 Å². The molecule has 0 saturated carbocycles. The van der Waals surface area contributed by atoms with Crippen molar-refractivity contribution >= 4 is 35.3 Å². The molecule has 13 nitrogen and oxygen atoms in total. The summed E-state index contributed by atoms with van der Waals surface area (Å²) in [5.41, 5.74) is 0.397. The number of hydrogen-bond acceptors (Lipinski definition) is 11. The van der Waals surface area contributed by atoms with Crippen LogP contribution in [0.4, 0.5) is 5.69 Å². The lowest BCUT2D eigenvalue weighted by Gasteiger charge is -2.27. The molecule has 1 atom stereocenters. The summed E-state index contributed by atoms with van der Waals surface area (Å²) in [4.78, 5) is 62.2. The van der Waals surface area contributed by atoms with Crippen molar-refractivity contribution in [1.29, 1.82) is 0 Å². The molecule has 226 valence electrons. The molecule has 2 heterocycles. The maximum atomic E-state index is 13.1. The minimum Gasteiger partial charge on any atom is -0.460 e. The van der Waals surface area contributed by atoms with E-state index < -0.39 is 35.3 Å². The first-order valence-corrected chi connectivity index (χ1v) is 13.7. The highest BCUT2D eigenvalue weighted by atomic mass is 16.6.